The van der Waals surface area contributed by atoms with E-state index in [2.05, 4.69) is 0 Å². The molecule has 0 saturated heterocycles. The second-order valence-corrected chi connectivity index (χ2v) is 3.41. The van der Waals surface area contributed by atoms with Gasteiger partial charge >= 0.3 is 0 Å². The molecule has 4 N–H and O–H groups in total. The van der Waals surface area contributed by atoms with E-state index in [4.69, 9.17) is 34.7 Å². The Labute approximate surface area is 85.6 Å². The monoisotopic (exact) mass is 222 g/mol. The topological polar surface area (TPSA) is 52.0 Å². The number of benzene rings is 1. The lowest BCUT2D eigenvalue weighted by atomic mass is 10.1. The molecule has 1 atom stereocenters. The fourth-order valence-corrected chi connectivity index (χ4v) is 1.45. The van der Waals surface area contributed by atoms with Gasteiger partial charge in [0, 0.05) is 23.2 Å². The Bertz CT molecular complexity index is 317. The van der Waals surface area contributed by atoms with Crippen LogP contribution < -0.4 is 11.5 Å². The molecule has 0 aromatic heterocycles. The smallest absolute Gasteiger partial charge is 0.148 e. The Balaban J connectivity index is 3.25. The normalized spacial score (nSPS) is 13.0. The maximum absolute atomic E-state index is 13.3. The summed E-state index contributed by atoms with van der Waals surface area (Å²) < 4.78 is 13.3. The van der Waals surface area contributed by atoms with Crippen LogP contribution in [0.3, 0.4) is 0 Å². The van der Waals surface area contributed by atoms with E-state index in [9.17, 15) is 4.39 Å². The number of hydrogen-bond acceptors (Lipinski definition) is 2. The Kier molecular flexibility index (Phi) is 3.50. The molecule has 0 aliphatic carbocycles. The first-order valence-electron chi connectivity index (χ1n) is 3.67. The molecule has 0 amide bonds. The van der Waals surface area contributed by atoms with Gasteiger partial charge in [-0.25, -0.2) is 4.39 Å². The molecule has 0 radical (unpaired) electrons. The quantitative estimate of drug-likeness (QED) is 0.754. The van der Waals surface area contributed by atoms with Crippen molar-refractivity contribution in [1.82, 2.24) is 0 Å². The molecule has 0 aliphatic rings. The van der Waals surface area contributed by atoms with Gasteiger partial charge < -0.3 is 11.5 Å². The molecule has 72 valence electrons. The highest BCUT2D eigenvalue weighted by Gasteiger charge is 2.16. The van der Waals surface area contributed by atoms with Gasteiger partial charge in [0.15, 0.2) is 0 Å². The summed E-state index contributed by atoms with van der Waals surface area (Å²) in [6, 6.07) is 2.26. The molecular formula is C8H9Cl2FN2. The molecule has 0 fully saturated rings. The zero-order valence-electron chi connectivity index (χ0n) is 6.73. The van der Waals surface area contributed by atoms with Crippen molar-refractivity contribution >= 4 is 23.2 Å². The number of rotatable bonds is 2. The van der Waals surface area contributed by atoms with Crippen molar-refractivity contribution in [2.24, 2.45) is 11.5 Å². The Morgan fingerprint density at radius 1 is 1.31 bits per heavy atom. The van der Waals surface area contributed by atoms with E-state index >= 15 is 0 Å². The molecule has 0 spiro atoms. The predicted molar refractivity (Wildman–Crippen MR) is 52.4 cm³/mol. The van der Waals surface area contributed by atoms with Crippen LogP contribution in [0.25, 0.3) is 0 Å². The van der Waals surface area contributed by atoms with Crippen molar-refractivity contribution < 1.29 is 4.39 Å². The Morgan fingerprint density at radius 2 is 1.85 bits per heavy atom. The molecule has 0 saturated carbocycles. The van der Waals surface area contributed by atoms with E-state index in [-0.39, 0.29) is 22.2 Å². The molecule has 5 heteroatoms. The van der Waals surface area contributed by atoms with Gasteiger partial charge in [0.1, 0.15) is 5.82 Å². The summed E-state index contributed by atoms with van der Waals surface area (Å²) in [5, 5.41) is 0.253. The fraction of sp³-hybridized carbons (Fsp3) is 0.250. The lowest BCUT2D eigenvalue weighted by Crippen LogP contribution is -2.22. The third-order valence-electron chi connectivity index (χ3n) is 1.70. The lowest BCUT2D eigenvalue weighted by Gasteiger charge is -2.12. The zero-order chi connectivity index (χ0) is 10.0. The van der Waals surface area contributed by atoms with Crippen LogP contribution in [0.2, 0.25) is 10.0 Å². The molecule has 0 heterocycles. The largest absolute Gasteiger partial charge is 0.329 e. The van der Waals surface area contributed by atoms with Crippen LogP contribution >= 0.6 is 23.2 Å². The minimum Gasteiger partial charge on any atom is -0.329 e. The highest BCUT2D eigenvalue weighted by Crippen LogP contribution is 2.28. The summed E-state index contributed by atoms with van der Waals surface area (Å²) in [5.41, 5.74) is 11.0. The van der Waals surface area contributed by atoms with Gasteiger partial charge in [-0.1, -0.05) is 23.2 Å². The van der Waals surface area contributed by atoms with Gasteiger partial charge in [-0.3, -0.25) is 0 Å². The summed E-state index contributed by atoms with van der Waals surface area (Å²) in [5.74, 6) is -0.591. The lowest BCUT2D eigenvalue weighted by molar-refractivity contribution is 0.585. The van der Waals surface area contributed by atoms with Crippen molar-refractivity contribution in [2.75, 3.05) is 6.54 Å². The van der Waals surface area contributed by atoms with Crippen LogP contribution in [-0.2, 0) is 0 Å². The van der Waals surface area contributed by atoms with E-state index in [1.54, 1.807) is 0 Å². The first-order valence-corrected chi connectivity index (χ1v) is 4.42. The van der Waals surface area contributed by atoms with Gasteiger partial charge in [-0.05, 0) is 12.1 Å². The first-order chi connectivity index (χ1) is 6.07. The minimum atomic E-state index is -0.619. The van der Waals surface area contributed by atoms with Crippen LogP contribution in [0.1, 0.15) is 11.6 Å². The first kappa shape index (κ1) is 10.7. The minimum absolute atomic E-state index is 0.00306. The number of nitrogens with two attached hydrogens (primary N) is 2. The highest BCUT2D eigenvalue weighted by atomic mass is 35.5. The van der Waals surface area contributed by atoms with Crippen molar-refractivity contribution in [2.45, 2.75) is 6.04 Å². The van der Waals surface area contributed by atoms with Crippen molar-refractivity contribution in [3.8, 4) is 0 Å². The second kappa shape index (κ2) is 4.24. The summed E-state index contributed by atoms with van der Waals surface area (Å²) >= 11 is 11.3. The standard InChI is InChI=1S/C8H9Cl2FN2/c9-4-1-2-5(10)8(11)7(4)6(13)3-12/h1-2,6H,3,12-13H2/t6-/m1/s1. The van der Waals surface area contributed by atoms with Crippen molar-refractivity contribution in [3.63, 3.8) is 0 Å². The molecule has 1 aromatic carbocycles. The van der Waals surface area contributed by atoms with Crippen LogP contribution in [0, 0.1) is 5.82 Å². The third-order valence-corrected chi connectivity index (χ3v) is 2.33. The molecule has 0 aliphatic heterocycles. The van der Waals surface area contributed by atoms with Gasteiger partial charge in [-0.15, -0.1) is 0 Å². The van der Waals surface area contributed by atoms with E-state index in [1.807, 2.05) is 0 Å². The van der Waals surface area contributed by atoms with E-state index in [1.165, 1.54) is 12.1 Å². The predicted octanol–water partition coefficient (Wildman–Crippen LogP) is 2.09. The average molecular weight is 223 g/mol. The van der Waals surface area contributed by atoms with Crippen LogP contribution in [0.5, 0.6) is 0 Å². The number of halogens is 3. The zero-order valence-corrected chi connectivity index (χ0v) is 8.24. The summed E-state index contributed by atoms with van der Waals surface area (Å²) in [7, 11) is 0. The van der Waals surface area contributed by atoms with Crippen LogP contribution in [-0.4, -0.2) is 6.54 Å². The van der Waals surface area contributed by atoms with Gasteiger partial charge in [-0.2, -0.15) is 0 Å². The SMILES string of the molecule is NC[C@@H](N)c1c(Cl)ccc(Cl)c1F. The molecule has 1 aromatic rings. The van der Waals surface area contributed by atoms with E-state index < -0.39 is 11.9 Å². The average Bonchev–Trinajstić information content (AvgIpc) is 2.12. The summed E-state index contributed by atoms with van der Waals surface area (Å²) in [6.07, 6.45) is 0. The van der Waals surface area contributed by atoms with Crippen LogP contribution in [0.4, 0.5) is 4.39 Å². The van der Waals surface area contributed by atoms with Gasteiger partial charge in [0.25, 0.3) is 0 Å². The second-order valence-electron chi connectivity index (χ2n) is 2.60. The molecule has 0 bridgehead atoms. The van der Waals surface area contributed by atoms with Gasteiger partial charge in [0.05, 0.1) is 5.02 Å². The van der Waals surface area contributed by atoms with Crippen molar-refractivity contribution in [3.05, 3.63) is 33.6 Å². The summed E-state index contributed by atoms with van der Waals surface area (Å²) in [4.78, 5) is 0. The Morgan fingerprint density at radius 3 is 2.38 bits per heavy atom. The molecular weight excluding hydrogens is 214 g/mol. The van der Waals surface area contributed by atoms with E-state index in [0.717, 1.165) is 0 Å². The molecule has 0 unspecified atom stereocenters. The van der Waals surface area contributed by atoms with Gasteiger partial charge in [0.2, 0.25) is 0 Å². The number of hydrogen-bond donors (Lipinski definition) is 2. The highest BCUT2D eigenvalue weighted by molar-refractivity contribution is 6.33. The molecule has 2 nitrogen and oxygen atoms in total. The fourth-order valence-electron chi connectivity index (χ4n) is 1.00. The summed E-state index contributed by atoms with van der Waals surface area (Å²) in [6.45, 7) is 0.122. The third kappa shape index (κ3) is 2.11. The maximum Gasteiger partial charge on any atom is 0.148 e. The maximum atomic E-state index is 13.3. The van der Waals surface area contributed by atoms with Crippen molar-refractivity contribution in [1.29, 1.82) is 0 Å². The van der Waals surface area contributed by atoms with Crippen LogP contribution in [0.15, 0.2) is 12.1 Å². The van der Waals surface area contributed by atoms with E-state index in [0.29, 0.717) is 0 Å². The molecule has 13 heavy (non-hydrogen) atoms. The molecule has 1 rings (SSSR count). The Hall–Kier alpha value is -0.350.